The second-order valence-electron chi connectivity index (χ2n) is 6.55. The Morgan fingerprint density at radius 1 is 1.32 bits per heavy atom. The number of nitrogens with zero attached hydrogens (tertiary/aromatic N) is 1. The first-order valence-corrected chi connectivity index (χ1v) is 7.00. The van der Waals surface area contributed by atoms with E-state index in [1.165, 1.54) is 6.92 Å². The zero-order valence-electron chi connectivity index (χ0n) is 12.5. The highest BCUT2D eigenvalue weighted by Gasteiger charge is 2.32. The van der Waals surface area contributed by atoms with Gasteiger partial charge < -0.3 is 16.0 Å². The van der Waals surface area contributed by atoms with E-state index in [-0.39, 0.29) is 17.2 Å². The number of likely N-dealkylation sites (tertiary alicyclic amines) is 1. The second kappa shape index (κ2) is 6.37. The van der Waals surface area contributed by atoms with Crippen LogP contribution in [-0.2, 0) is 9.59 Å². The molecule has 5 heteroatoms. The molecule has 1 rings (SSSR count). The Kier molecular flexibility index (Phi) is 5.35. The van der Waals surface area contributed by atoms with Crippen molar-refractivity contribution in [1.29, 1.82) is 0 Å². The summed E-state index contributed by atoms with van der Waals surface area (Å²) < 4.78 is 0. The van der Waals surface area contributed by atoms with Crippen LogP contribution in [0.15, 0.2) is 0 Å². The van der Waals surface area contributed by atoms with Gasteiger partial charge in [-0.1, -0.05) is 20.8 Å². The molecule has 0 aromatic carbocycles. The number of hydrogen-bond acceptors (Lipinski definition) is 3. The molecule has 1 aliphatic rings. The van der Waals surface area contributed by atoms with Gasteiger partial charge >= 0.3 is 0 Å². The average Bonchev–Trinajstić information content (AvgIpc) is 2.34. The van der Waals surface area contributed by atoms with Gasteiger partial charge in [0.05, 0.1) is 6.04 Å². The fourth-order valence-corrected chi connectivity index (χ4v) is 2.21. The van der Waals surface area contributed by atoms with Crippen LogP contribution in [0.3, 0.4) is 0 Å². The monoisotopic (exact) mass is 269 g/mol. The Bertz CT molecular complexity index is 328. The van der Waals surface area contributed by atoms with E-state index in [2.05, 4.69) is 5.32 Å². The Morgan fingerprint density at radius 3 is 2.26 bits per heavy atom. The van der Waals surface area contributed by atoms with Crippen molar-refractivity contribution in [2.45, 2.75) is 46.6 Å². The highest BCUT2D eigenvalue weighted by Crippen LogP contribution is 2.22. The molecule has 19 heavy (non-hydrogen) atoms. The van der Waals surface area contributed by atoms with Crippen LogP contribution in [0, 0.1) is 11.3 Å². The minimum absolute atomic E-state index is 0.00765. The summed E-state index contributed by atoms with van der Waals surface area (Å²) in [7, 11) is 0. The predicted molar refractivity (Wildman–Crippen MR) is 75.4 cm³/mol. The molecule has 5 nitrogen and oxygen atoms in total. The molecule has 2 amide bonds. The molecule has 1 heterocycles. The first-order valence-electron chi connectivity index (χ1n) is 7.00. The molecule has 1 saturated heterocycles. The lowest BCUT2D eigenvalue weighted by Gasteiger charge is -2.36. The Hall–Kier alpha value is -1.10. The van der Waals surface area contributed by atoms with Gasteiger partial charge in [-0.05, 0) is 24.2 Å². The third-order valence-electron chi connectivity index (χ3n) is 3.76. The Morgan fingerprint density at radius 2 is 1.84 bits per heavy atom. The van der Waals surface area contributed by atoms with E-state index in [0.29, 0.717) is 12.5 Å². The summed E-state index contributed by atoms with van der Waals surface area (Å²) in [6, 6.07) is -0.445. The van der Waals surface area contributed by atoms with Crippen molar-refractivity contribution in [1.82, 2.24) is 10.2 Å². The number of amides is 2. The van der Waals surface area contributed by atoms with Crippen LogP contribution in [-0.4, -0.2) is 42.4 Å². The van der Waals surface area contributed by atoms with E-state index in [1.807, 2.05) is 25.7 Å². The van der Waals surface area contributed by atoms with E-state index in [4.69, 9.17) is 5.73 Å². The lowest BCUT2D eigenvalue weighted by molar-refractivity contribution is -0.136. The maximum atomic E-state index is 12.2. The van der Waals surface area contributed by atoms with E-state index >= 15 is 0 Å². The fourth-order valence-electron chi connectivity index (χ4n) is 2.21. The molecule has 1 aliphatic heterocycles. The van der Waals surface area contributed by atoms with Crippen LogP contribution in [0.2, 0.25) is 0 Å². The third-order valence-corrected chi connectivity index (χ3v) is 3.76. The molecule has 0 unspecified atom stereocenters. The van der Waals surface area contributed by atoms with Crippen LogP contribution in [0.1, 0.15) is 40.5 Å². The molecule has 0 aliphatic carbocycles. The first kappa shape index (κ1) is 16.0. The zero-order valence-corrected chi connectivity index (χ0v) is 12.5. The highest BCUT2D eigenvalue weighted by atomic mass is 16.2. The minimum Gasteiger partial charge on any atom is -0.356 e. The van der Waals surface area contributed by atoms with Crippen LogP contribution in [0.25, 0.3) is 0 Å². The number of nitrogens with one attached hydrogen (secondary N) is 1. The van der Waals surface area contributed by atoms with E-state index in [1.54, 1.807) is 0 Å². The van der Waals surface area contributed by atoms with Gasteiger partial charge in [-0.25, -0.2) is 0 Å². The molecule has 0 aromatic rings. The predicted octanol–water partition coefficient (Wildman–Crippen LogP) is 0.735. The summed E-state index contributed by atoms with van der Waals surface area (Å²) in [6.45, 7) is 9.68. The van der Waals surface area contributed by atoms with Crippen LogP contribution >= 0.6 is 0 Å². The molecule has 0 radical (unpaired) electrons. The maximum Gasteiger partial charge on any atom is 0.240 e. The molecular weight excluding hydrogens is 242 g/mol. The summed E-state index contributed by atoms with van der Waals surface area (Å²) in [6.07, 6.45) is 1.87. The SMILES string of the molecule is CC(=O)NCC1CCN(C(=O)[C@H](N)C(C)(C)C)CC1. The molecule has 0 bridgehead atoms. The van der Waals surface area contributed by atoms with E-state index in [0.717, 1.165) is 25.9 Å². The second-order valence-corrected chi connectivity index (χ2v) is 6.55. The number of carbonyl (C=O) groups is 2. The van der Waals surface area contributed by atoms with Gasteiger partial charge in [0.15, 0.2) is 0 Å². The van der Waals surface area contributed by atoms with Crippen LogP contribution < -0.4 is 11.1 Å². The zero-order chi connectivity index (χ0) is 14.6. The lowest BCUT2D eigenvalue weighted by atomic mass is 9.86. The smallest absolute Gasteiger partial charge is 0.240 e. The van der Waals surface area contributed by atoms with Crippen LogP contribution in [0.4, 0.5) is 0 Å². The maximum absolute atomic E-state index is 12.2. The Labute approximate surface area is 115 Å². The van der Waals surface area contributed by atoms with Gasteiger partial charge in [0, 0.05) is 26.6 Å². The summed E-state index contributed by atoms with van der Waals surface area (Å²) in [5.74, 6) is 0.526. The normalized spacial score (nSPS) is 19.1. The molecule has 3 N–H and O–H groups in total. The van der Waals surface area contributed by atoms with Gasteiger partial charge in [0.1, 0.15) is 0 Å². The highest BCUT2D eigenvalue weighted by molar-refractivity contribution is 5.82. The van der Waals surface area contributed by atoms with Crippen molar-refractivity contribution in [2.75, 3.05) is 19.6 Å². The number of hydrogen-bond donors (Lipinski definition) is 2. The van der Waals surface area contributed by atoms with Crippen molar-refractivity contribution in [3.8, 4) is 0 Å². The molecule has 1 atom stereocenters. The average molecular weight is 269 g/mol. The number of piperidine rings is 1. The molecule has 0 spiro atoms. The summed E-state index contributed by atoms with van der Waals surface area (Å²) >= 11 is 0. The quantitative estimate of drug-likeness (QED) is 0.793. The third kappa shape index (κ3) is 4.82. The molecular formula is C14H27N3O2. The van der Waals surface area contributed by atoms with Gasteiger partial charge in [-0.3, -0.25) is 9.59 Å². The first-order chi connectivity index (χ1) is 8.71. The van der Waals surface area contributed by atoms with Crippen molar-refractivity contribution in [3.05, 3.63) is 0 Å². The fraction of sp³-hybridized carbons (Fsp3) is 0.857. The number of nitrogens with two attached hydrogens (primary N) is 1. The van der Waals surface area contributed by atoms with Gasteiger partial charge in [0.2, 0.25) is 11.8 Å². The van der Waals surface area contributed by atoms with Crippen molar-refractivity contribution in [2.24, 2.45) is 17.1 Å². The Balaban J connectivity index is 2.41. The number of carbonyl (C=O) groups excluding carboxylic acids is 2. The topological polar surface area (TPSA) is 75.4 Å². The standard InChI is InChI=1S/C14H27N3O2/c1-10(18)16-9-11-5-7-17(8-6-11)13(19)12(15)14(2,3)4/h11-12H,5-9,15H2,1-4H3,(H,16,18)/t12-/m0/s1. The molecule has 0 aromatic heterocycles. The van der Waals surface area contributed by atoms with Gasteiger partial charge in [-0.15, -0.1) is 0 Å². The molecule has 1 fully saturated rings. The summed E-state index contributed by atoms with van der Waals surface area (Å²) in [5, 5.41) is 2.84. The van der Waals surface area contributed by atoms with E-state index < -0.39 is 6.04 Å². The summed E-state index contributed by atoms with van der Waals surface area (Å²) in [4.78, 5) is 25.0. The van der Waals surface area contributed by atoms with Crippen molar-refractivity contribution in [3.63, 3.8) is 0 Å². The van der Waals surface area contributed by atoms with Crippen molar-refractivity contribution < 1.29 is 9.59 Å². The van der Waals surface area contributed by atoms with Gasteiger partial charge in [0.25, 0.3) is 0 Å². The van der Waals surface area contributed by atoms with E-state index in [9.17, 15) is 9.59 Å². The molecule has 0 saturated carbocycles. The summed E-state index contributed by atoms with van der Waals surface area (Å²) in [5.41, 5.74) is 5.81. The van der Waals surface area contributed by atoms with Crippen LogP contribution in [0.5, 0.6) is 0 Å². The molecule has 110 valence electrons. The minimum atomic E-state index is -0.445. The number of rotatable bonds is 3. The van der Waals surface area contributed by atoms with Gasteiger partial charge in [-0.2, -0.15) is 0 Å². The lowest BCUT2D eigenvalue weighted by Crippen LogP contribution is -2.52. The largest absolute Gasteiger partial charge is 0.356 e. The van der Waals surface area contributed by atoms with Crippen molar-refractivity contribution >= 4 is 11.8 Å².